The molecule has 0 heterocycles. The first-order valence-corrected chi connectivity index (χ1v) is 13.5. The number of hydrogen-bond acceptors (Lipinski definition) is 2. The lowest BCUT2D eigenvalue weighted by Crippen LogP contribution is -2.11. The number of aldehydes is 2. The quantitative estimate of drug-likeness (QED) is 0.352. The molecule has 2 heteroatoms. The van der Waals surface area contributed by atoms with Crippen LogP contribution in [0, 0.1) is 0 Å². The standard InChI is InChI=1S/2C17H22O/c1-13(5-4-10-18)11-14-6-7-16-15(12-14)8-9-17(16,2)3;1-13(5-4-10-18)11-14-6-7-15-8-9-17(2,3)16(15)12-14/h2*6-7,10-12H,4-5,8-9H2,1-3H3/b2*13-11+. The van der Waals surface area contributed by atoms with Crippen molar-refractivity contribution in [2.45, 2.75) is 104 Å². The molecule has 2 aliphatic rings. The van der Waals surface area contributed by atoms with Gasteiger partial charge in [-0.3, -0.25) is 0 Å². The lowest BCUT2D eigenvalue weighted by molar-refractivity contribution is -0.108. The Morgan fingerprint density at radius 2 is 1.19 bits per heavy atom. The highest BCUT2D eigenvalue weighted by Gasteiger charge is 2.30. The number of benzene rings is 2. The highest BCUT2D eigenvalue weighted by Crippen LogP contribution is 2.39. The smallest absolute Gasteiger partial charge is 0.120 e. The molecule has 0 saturated carbocycles. The van der Waals surface area contributed by atoms with Gasteiger partial charge in [-0.2, -0.15) is 0 Å². The van der Waals surface area contributed by atoms with Crippen LogP contribution in [0.2, 0.25) is 0 Å². The summed E-state index contributed by atoms with van der Waals surface area (Å²) in [5.74, 6) is 0. The zero-order chi connectivity index (χ0) is 26.3. The zero-order valence-corrected chi connectivity index (χ0v) is 23.2. The third-order valence-electron chi connectivity index (χ3n) is 7.90. The normalized spacial score (nSPS) is 17.6. The van der Waals surface area contributed by atoms with E-state index >= 15 is 0 Å². The van der Waals surface area contributed by atoms with Crippen LogP contribution in [-0.4, -0.2) is 12.6 Å². The molecule has 0 atom stereocenters. The van der Waals surface area contributed by atoms with Gasteiger partial charge in [0.15, 0.2) is 0 Å². The van der Waals surface area contributed by atoms with Crippen LogP contribution in [-0.2, 0) is 33.3 Å². The highest BCUT2D eigenvalue weighted by atomic mass is 16.1. The first-order valence-electron chi connectivity index (χ1n) is 13.5. The molecule has 0 spiro atoms. The van der Waals surface area contributed by atoms with Crippen LogP contribution in [0.15, 0.2) is 47.5 Å². The predicted molar refractivity (Wildman–Crippen MR) is 153 cm³/mol. The second-order valence-corrected chi connectivity index (χ2v) is 12.0. The van der Waals surface area contributed by atoms with Crippen molar-refractivity contribution < 1.29 is 9.59 Å². The number of hydrogen-bond donors (Lipinski definition) is 0. The molecule has 2 aromatic rings. The summed E-state index contributed by atoms with van der Waals surface area (Å²) in [5.41, 5.74) is 11.8. The summed E-state index contributed by atoms with van der Waals surface area (Å²) in [5, 5.41) is 0. The van der Waals surface area contributed by atoms with E-state index in [-0.39, 0.29) is 0 Å². The van der Waals surface area contributed by atoms with Gasteiger partial charge in [0.1, 0.15) is 12.6 Å². The predicted octanol–water partition coefficient (Wildman–Crippen LogP) is 8.59. The van der Waals surface area contributed by atoms with E-state index in [9.17, 15) is 9.59 Å². The topological polar surface area (TPSA) is 34.1 Å². The summed E-state index contributed by atoms with van der Waals surface area (Å²) in [6, 6.07) is 13.6. The van der Waals surface area contributed by atoms with Crippen molar-refractivity contribution in [3.63, 3.8) is 0 Å². The summed E-state index contributed by atoms with van der Waals surface area (Å²) >= 11 is 0. The Labute approximate surface area is 218 Å². The molecule has 0 bridgehead atoms. The van der Waals surface area contributed by atoms with Gasteiger partial charge in [-0.05, 0) is 96.6 Å². The average molecular weight is 485 g/mol. The van der Waals surface area contributed by atoms with Crippen molar-refractivity contribution in [3.05, 3.63) is 80.9 Å². The Morgan fingerprint density at radius 1 is 0.694 bits per heavy atom. The molecule has 0 N–H and O–H groups in total. The molecule has 0 fully saturated rings. The molecule has 0 amide bonds. The monoisotopic (exact) mass is 484 g/mol. The van der Waals surface area contributed by atoms with Crippen LogP contribution < -0.4 is 0 Å². The average Bonchev–Trinajstić information content (AvgIpc) is 3.31. The van der Waals surface area contributed by atoms with E-state index in [0.717, 1.165) is 25.4 Å². The molecular formula is C34H44O2. The van der Waals surface area contributed by atoms with Gasteiger partial charge in [-0.25, -0.2) is 0 Å². The second kappa shape index (κ2) is 12.0. The largest absolute Gasteiger partial charge is 0.303 e. The van der Waals surface area contributed by atoms with Crippen LogP contribution in [0.1, 0.15) is 113 Å². The third kappa shape index (κ3) is 7.15. The summed E-state index contributed by atoms with van der Waals surface area (Å²) in [6.07, 6.45) is 14.3. The van der Waals surface area contributed by atoms with Crippen molar-refractivity contribution in [1.82, 2.24) is 0 Å². The molecule has 0 aromatic heterocycles. The first kappa shape index (κ1) is 27.8. The fourth-order valence-electron chi connectivity index (χ4n) is 5.55. The van der Waals surface area contributed by atoms with E-state index in [0.29, 0.717) is 23.7 Å². The number of allylic oxidation sites excluding steroid dienone is 2. The molecular weight excluding hydrogens is 440 g/mol. The van der Waals surface area contributed by atoms with Gasteiger partial charge in [0.05, 0.1) is 0 Å². The summed E-state index contributed by atoms with van der Waals surface area (Å²) in [4.78, 5) is 20.7. The molecule has 0 aliphatic heterocycles. The van der Waals surface area contributed by atoms with Crippen LogP contribution >= 0.6 is 0 Å². The molecule has 192 valence electrons. The number of aryl methyl sites for hydroxylation is 2. The Kier molecular flexibility index (Phi) is 9.28. The fourth-order valence-corrected chi connectivity index (χ4v) is 5.55. The number of carbonyl (C=O) groups is 2. The minimum absolute atomic E-state index is 0.315. The SMILES string of the molecule is C/C(=C\c1ccc2c(c1)C(C)(C)CC2)CCC=O.C/C(=C\c1ccc2c(c1)CCC2(C)C)CCC=O. The van der Waals surface area contributed by atoms with Crippen molar-refractivity contribution >= 4 is 24.7 Å². The lowest BCUT2D eigenvalue weighted by atomic mass is 9.86. The highest BCUT2D eigenvalue weighted by molar-refractivity contribution is 5.59. The van der Waals surface area contributed by atoms with Gasteiger partial charge < -0.3 is 9.59 Å². The van der Waals surface area contributed by atoms with Gasteiger partial charge in [-0.1, -0.05) is 87.4 Å². The Hall–Kier alpha value is -2.74. The maximum atomic E-state index is 10.4. The molecule has 0 unspecified atom stereocenters. The van der Waals surface area contributed by atoms with Crippen LogP contribution in [0.3, 0.4) is 0 Å². The van der Waals surface area contributed by atoms with E-state index in [1.54, 1.807) is 0 Å². The van der Waals surface area contributed by atoms with E-state index in [1.807, 2.05) is 0 Å². The van der Waals surface area contributed by atoms with Gasteiger partial charge in [-0.15, -0.1) is 0 Å². The van der Waals surface area contributed by atoms with Gasteiger partial charge >= 0.3 is 0 Å². The van der Waals surface area contributed by atoms with Gasteiger partial charge in [0, 0.05) is 12.8 Å². The van der Waals surface area contributed by atoms with E-state index < -0.39 is 0 Å². The molecule has 2 aromatic carbocycles. The summed E-state index contributed by atoms with van der Waals surface area (Å²) < 4.78 is 0. The van der Waals surface area contributed by atoms with E-state index in [2.05, 4.69) is 90.1 Å². The molecule has 2 nitrogen and oxygen atoms in total. The van der Waals surface area contributed by atoms with Gasteiger partial charge in [0.25, 0.3) is 0 Å². The number of carbonyl (C=O) groups excluding carboxylic acids is 2. The fraction of sp³-hybridized carbons (Fsp3) is 0.471. The Balaban J connectivity index is 0.000000201. The second-order valence-electron chi connectivity index (χ2n) is 12.0. The Bertz CT molecular complexity index is 1140. The molecule has 0 saturated heterocycles. The number of rotatable bonds is 8. The van der Waals surface area contributed by atoms with E-state index in [1.165, 1.54) is 70.2 Å². The zero-order valence-electron chi connectivity index (χ0n) is 23.2. The molecule has 0 radical (unpaired) electrons. The van der Waals surface area contributed by atoms with Crippen molar-refractivity contribution in [3.8, 4) is 0 Å². The number of fused-ring (bicyclic) bond motifs is 2. The van der Waals surface area contributed by atoms with Crippen molar-refractivity contribution in [2.24, 2.45) is 0 Å². The van der Waals surface area contributed by atoms with Gasteiger partial charge in [0.2, 0.25) is 0 Å². The minimum Gasteiger partial charge on any atom is -0.303 e. The van der Waals surface area contributed by atoms with Crippen LogP contribution in [0.5, 0.6) is 0 Å². The van der Waals surface area contributed by atoms with Crippen molar-refractivity contribution in [2.75, 3.05) is 0 Å². The molecule has 4 rings (SSSR count). The maximum absolute atomic E-state index is 10.4. The van der Waals surface area contributed by atoms with Crippen molar-refractivity contribution in [1.29, 1.82) is 0 Å². The maximum Gasteiger partial charge on any atom is 0.120 e. The third-order valence-corrected chi connectivity index (χ3v) is 7.90. The minimum atomic E-state index is 0.315. The first-order chi connectivity index (χ1) is 17.1. The van der Waals surface area contributed by atoms with Crippen LogP contribution in [0.4, 0.5) is 0 Å². The molecule has 2 aliphatic carbocycles. The summed E-state index contributed by atoms with van der Waals surface area (Å²) in [6.45, 7) is 13.5. The summed E-state index contributed by atoms with van der Waals surface area (Å²) in [7, 11) is 0. The lowest BCUT2D eigenvalue weighted by Gasteiger charge is -2.19. The Morgan fingerprint density at radius 3 is 1.78 bits per heavy atom. The van der Waals surface area contributed by atoms with E-state index in [4.69, 9.17) is 0 Å². The molecule has 36 heavy (non-hydrogen) atoms. The van der Waals surface area contributed by atoms with Crippen LogP contribution in [0.25, 0.3) is 12.2 Å².